The van der Waals surface area contributed by atoms with Gasteiger partial charge in [0.1, 0.15) is 0 Å². The molecule has 1 aromatic carbocycles. The number of aryl methyl sites for hydroxylation is 1. The van der Waals surface area contributed by atoms with Gasteiger partial charge in [-0.05, 0) is 60.7 Å². The highest BCUT2D eigenvalue weighted by molar-refractivity contribution is 6.30. The summed E-state index contributed by atoms with van der Waals surface area (Å²) in [6, 6.07) is 9.77. The zero-order valence-corrected chi connectivity index (χ0v) is 15.5. The fourth-order valence-electron chi connectivity index (χ4n) is 4.14. The third-order valence-electron chi connectivity index (χ3n) is 5.42. The van der Waals surface area contributed by atoms with Gasteiger partial charge in [0.2, 0.25) is 0 Å². The lowest BCUT2D eigenvalue weighted by Gasteiger charge is -2.39. The van der Waals surface area contributed by atoms with Crippen molar-refractivity contribution < 1.29 is 9.53 Å². The van der Waals surface area contributed by atoms with E-state index in [1.807, 2.05) is 25.3 Å². The number of primary amides is 1. The minimum atomic E-state index is -0.684. The number of carbonyl (C=O) groups is 1. The molecule has 6 heteroatoms. The van der Waals surface area contributed by atoms with Crippen molar-refractivity contribution in [2.45, 2.75) is 38.0 Å². The van der Waals surface area contributed by atoms with Crippen molar-refractivity contribution >= 4 is 17.5 Å². The van der Waals surface area contributed by atoms with Gasteiger partial charge in [-0.1, -0.05) is 17.7 Å². The van der Waals surface area contributed by atoms with Crippen LogP contribution in [0.2, 0.25) is 5.02 Å². The first kappa shape index (κ1) is 17.5. The number of rotatable bonds is 3. The molecule has 5 nitrogen and oxygen atoms in total. The summed E-state index contributed by atoms with van der Waals surface area (Å²) in [5, 5.41) is 0.659. The van der Waals surface area contributed by atoms with E-state index in [1.165, 1.54) is 5.56 Å². The standard InChI is InChI=1S/C20H22ClN3O2/c1-13-10-14(4-7-23-13)12-24-8-5-20(6-9-24)17-11-15(21)2-3-16(17)18(26-20)19(22)25/h2-4,7,10-11,18H,5-6,8-9,12H2,1H3,(H2,22,25). The molecule has 1 spiro atoms. The van der Waals surface area contributed by atoms with Gasteiger partial charge in [0.25, 0.3) is 5.91 Å². The molecule has 1 amide bonds. The number of hydrogen-bond acceptors (Lipinski definition) is 4. The third kappa shape index (κ3) is 3.11. The molecule has 4 rings (SSSR count). The van der Waals surface area contributed by atoms with E-state index in [1.54, 1.807) is 6.07 Å². The average molecular weight is 372 g/mol. The molecule has 1 aromatic heterocycles. The Balaban J connectivity index is 1.53. The number of carbonyl (C=O) groups excluding carboxylic acids is 1. The molecule has 0 saturated carbocycles. The second-order valence-corrected chi connectivity index (χ2v) is 7.64. The number of ether oxygens (including phenoxy) is 1. The molecule has 1 fully saturated rings. The van der Waals surface area contributed by atoms with Crippen LogP contribution >= 0.6 is 11.6 Å². The van der Waals surface area contributed by atoms with E-state index in [0.717, 1.165) is 49.3 Å². The zero-order chi connectivity index (χ0) is 18.3. The van der Waals surface area contributed by atoms with E-state index in [4.69, 9.17) is 22.1 Å². The summed E-state index contributed by atoms with van der Waals surface area (Å²) in [6.45, 7) is 4.67. The molecule has 0 aliphatic carbocycles. The van der Waals surface area contributed by atoms with E-state index < -0.39 is 17.6 Å². The third-order valence-corrected chi connectivity index (χ3v) is 5.66. The predicted molar refractivity (Wildman–Crippen MR) is 99.6 cm³/mol. The first-order valence-corrected chi connectivity index (χ1v) is 9.26. The lowest BCUT2D eigenvalue weighted by molar-refractivity contribution is -0.148. The number of nitrogens with two attached hydrogens (primary N) is 1. The molecule has 136 valence electrons. The molecule has 1 atom stereocenters. The van der Waals surface area contributed by atoms with Gasteiger partial charge < -0.3 is 10.5 Å². The SMILES string of the molecule is Cc1cc(CN2CCC3(CC2)OC(C(N)=O)c2ccc(Cl)cc23)ccn1. The highest BCUT2D eigenvalue weighted by atomic mass is 35.5. The summed E-state index contributed by atoms with van der Waals surface area (Å²) in [4.78, 5) is 18.5. The van der Waals surface area contributed by atoms with E-state index in [2.05, 4.69) is 22.0 Å². The smallest absolute Gasteiger partial charge is 0.251 e. The van der Waals surface area contributed by atoms with Crippen molar-refractivity contribution in [1.29, 1.82) is 0 Å². The molecule has 2 N–H and O–H groups in total. The summed E-state index contributed by atoms with van der Waals surface area (Å²) in [5.41, 5.74) is 9.28. The number of halogens is 1. The molecule has 2 aliphatic rings. The Morgan fingerprint density at radius 1 is 1.35 bits per heavy atom. The summed E-state index contributed by atoms with van der Waals surface area (Å²) >= 11 is 6.22. The Morgan fingerprint density at radius 2 is 2.12 bits per heavy atom. The normalized spacial score (nSPS) is 21.7. The Morgan fingerprint density at radius 3 is 2.81 bits per heavy atom. The number of nitrogens with zero attached hydrogens (tertiary/aromatic N) is 2. The molecular formula is C20H22ClN3O2. The van der Waals surface area contributed by atoms with Crippen LogP contribution in [0, 0.1) is 6.92 Å². The number of pyridine rings is 1. The largest absolute Gasteiger partial charge is 0.367 e. The van der Waals surface area contributed by atoms with Crippen LogP contribution in [0.4, 0.5) is 0 Å². The maximum absolute atomic E-state index is 11.9. The van der Waals surface area contributed by atoms with Crippen LogP contribution in [0.3, 0.4) is 0 Å². The van der Waals surface area contributed by atoms with E-state index in [0.29, 0.717) is 5.02 Å². The minimum absolute atomic E-state index is 0.444. The summed E-state index contributed by atoms with van der Waals surface area (Å²) in [7, 11) is 0. The second kappa shape index (κ2) is 6.65. The van der Waals surface area contributed by atoms with E-state index in [-0.39, 0.29) is 0 Å². The molecule has 1 unspecified atom stereocenters. The monoisotopic (exact) mass is 371 g/mol. The Hall–Kier alpha value is -1.95. The molecular weight excluding hydrogens is 350 g/mol. The molecule has 0 radical (unpaired) electrons. The van der Waals surface area contributed by atoms with Gasteiger partial charge in [0.05, 0.1) is 5.60 Å². The van der Waals surface area contributed by atoms with Crippen LogP contribution in [0.1, 0.15) is 41.3 Å². The Kier molecular flexibility index (Phi) is 4.47. The van der Waals surface area contributed by atoms with Gasteiger partial charge in [0.15, 0.2) is 6.10 Å². The molecule has 2 aromatic rings. The first-order valence-electron chi connectivity index (χ1n) is 8.88. The molecule has 2 aliphatic heterocycles. The number of piperidine rings is 1. The number of aromatic nitrogens is 1. The van der Waals surface area contributed by atoms with Crippen LogP contribution in [0.15, 0.2) is 36.5 Å². The van der Waals surface area contributed by atoms with Crippen molar-refractivity contribution in [3.8, 4) is 0 Å². The summed E-state index contributed by atoms with van der Waals surface area (Å²) in [6.07, 6.45) is 2.80. The van der Waals surface area contributed by atoms with Crippen LogP contribution < -0.4 is 5.73 Å². The molecule has 1 saturated heterocycles. The van der Waals surface area contributed by atoms with Crippen LogP contribution in [0.5, 0.6) is 0 Å². The molecule has 26 heavy (non-hydrogen) atoms. The number of benzene rings is 1. The topological polar surface area (TPSA) is 68.5 Å². The highest BCUT2D eigenvalue weighted by Crippen LogP contribution is 2.50. The predicted octanol–water partition coefficient (Wildman–Crippen LogP) is 3.09. The summed E-state index contributed by atoms with van der Waals surface area (Å²) in [5.74, 6) is -0.444. The first-order chi connectivity index (χ1) is 12.5. The van der Waals surface area contributed by atoms with Crippen molar-refractivity contribution in [1.82, 2.24) is 9.88 Å². The van der Waals surface area contributed by atoms with E-state index in [9.17, 15) is 4.79 Å². The highest BCUT2D eigenvalue weighted by Gasteiger charge is 2.48. The fraction of sp³-hybridized carbons (Fsp3) is 0.400. The Bertz CT molecular complexity index is 847. The number of amides is 1. The molecule has 3 heterocycles. The number of likely N-dealkylation sites (tertiary alicyclic amines) is 1. The van der Waals surface area contributed by atoms with Crippen molar-refractivity contribution in [2.24, 2.45) is 5.73 Å². The fourth-order valence-corrected chi connectivity index (χ4v) is 4.31. The van der Waals surface area contributed by atoms with Gasteiger partial charge in [-0.2, -0.15) is 0 Å². The number of hydrogen-bond donors (Lipinski definition) is 1. The van der Waals surface area contributed by atoms with E-state index >= 15 is 0 Å². The molecule has 0 bridgehead atoms. The summed E-state index contributed by atoms with van der Waals surface area (Å²) < 4.78 is 6.22. The van der Waals surface area contributed by atoms with Crippen molar-refractivity contribution in [2.75, 3.05) is 13.1 Å². The van der Waals surface area contributed by atoms with Crippen LogP contribution in [-0.2, 0) is 21.7 Å². The maximum atomic E-state index is 11.9. The van der Waals surface area contributed by atoms with Crippen LogP contribution in [-0.4, -0.2) is 28.9 Å². The minimum Gasteiger partial charge on any atom is -0.367 e. The quantitative estimate of drug-likeness (QED) is 0.900. The maximum Gasteiger partial charge on any atom is 0.251 e. The van der Waals surface area contributed by atoms with Gasteiger partial charge in [-0.25, -0.2) is 0 Å². The average Bonchev–Trinajstić information content (AvgIpc) is 2.91. The van der Waals surface area contributed by atoms with Gasteiger partial charge in [0, 0.05) is 36.5 Å². The Labute approximate surface area is 158 Å². The van der Waals surface area contributed by atoms with Crippen LogP contribution in [0.25, 0.3) is 0 Å². The second-order valence-electron chi connectivity index (χ2n) is 7.21. The number of fused-ring (bicyclic) bond motifs is 2. The van der Waals surface area contributed by atoms with Gasteiger partial charge in [-0.15, -0.1) is 0 Å². The van der Waals surface area contributed by atoms with Crippen molar-refractivity contribution in [3.63, 3.8) is 0 Å². The van der Waals surface area contributed by atoms with Crippen molar-refractivity contribution in [3.05, 3.63) is 63.9 Å². The lowest BCUT2D eigenvalue weighted by atomic mass is 9.83. The van der Waals surface area contributed by atoms with Gasteiger partial charge >= 0.3 is 0 Å². The lowest BCUT2D eigenvalue weighted by Crippen LogP contribution is -2.42. The zero-order valence-electron chi connectivity index (χ0n) is 14.7. The van der Waals surface area contributed by atoms with Gasteiger partial charge in [-0.3, -0.25) is 14.7 Å².